The van der Waals surface area contributed by atoms with E-state index in [0.29, 0.717) is 5.56 Å². The third kappa shape index (κ3) is 2.68. The minimum absolute atomic E-state index is 0.384. The van der Waals surface area contributed by atoms with Crippen LogP contribution in [0.2, 0.25) is 0 Å². The Labute approximate surface area is 84.9 Å². The fraction of sp³-hybridized carbons (Fsp3) is 0.400. The Kier molecular flexibility index (Phi) is 3.34. The Balaban J connectivity index is 3.18. The van der Waals surface area contributed by atoms with Gasteiger partial charge in [-0.05, 0) is 13.0 Å². The summed E-state index contributed by atoms with van der Waals surface area (Å²) in [6.07, 6.45) is -4.51. The number of nitrogens with two attached hydrogens (primary N) is 1. The van der Waals surface area contributed by atoms with Crippen molar-refractivity contribution in [3.63, 3.8) is 0 Å². The van der Waals surface area contributed by atoms with E-state index in [-0.39, 0.29) is 5.56 Å². The average molecular weight is 221 g/mol. The van der Waals surface area contributed by atoms with E-state index in [1.165, 1.54) is 12.1 Å². The Hall–Kier alpha value is -1.10. The number of rotatable bonds is 2. The molecule has 0 spiro atoms. The van der Waals surface area contributed by atoms with Crippen molar-refractivity contribution < 1.29 is 17.6 Å². The van der Waals surface area contributed by atoms with Crippen LogP contribution in [0.5, 0.6) is 0 Å². The van der Waals surface area contributed by atoms with Crippen molar-refractivity contribution in [2.75, 3.05) is 6.54 Å². The Bertz CT molecular complexity index is 346. The van der Waals surface area contributed by atoms with Crippen LogP contribution in [-0.4, -0.2) is 12.7 Å². The van der Waals surface area contributed by atoms with Crippen molar-refractivity contribution in [2.24, 2.45) is 5.73 Å². The van der Waals surface area contributed by atoms with Gasteiger partial charge < -0.3 is 5.73 Å². The predicted molar refractivity (Wildman–Crippen MR) is 49.0 cm³/mol. The Morgan fingerprint density at radius 2 is 1.93 bits per heavy atom. The van der Waals surface area contributed by atoms with Crippen LogP contribution in [0.25, 0.3) is 0 Å². The summed E-state index contributed by atoms with van der Waals surface area (Å²) in [5.41, 5.74) is 5.22. The summed E-state index contributed by atoms with van der Waals surface area (Å²) in [4.78, 5) is 0. The van der Waals surface area contributed by atoms with Gasteiger partial charge in [-0.2, -0.15) is 13.2 Å². The molecule has 1 nitrogen and oxygen atoms in total. The molecule has 0 radical (unpaired) electrons. The maximum atomic E-state index is 13.2. The Morgan fingerprint density at radius 3 is 2.40 bits per heavy atom. The van der Waals surface area contributed by atoms with Crippen molar-refractivity contribution >= 4 is 0 Å². The van der Waals surface area contributed by atoms with Gasteiger partial charge in [0.05, 0.1) is 5.92 Å². The van der Waals surface area contributed by atoms with Crippen molar-refractivity contribution in [2.45, 2.75) is 19.0 Å². The quantitative estimate of drug-likeness (QED) is 0.763. The van der Waals surface area contributed by atoms with Crippen LogP contribution in [0, 0.1) is 12.7 Å². The summed E-state index contributed by atoms with van der Waals surface area (Å²) in [6.45, 7) is 0.955. The van der Waals surface area contributed by atoms with Gasteiger partial charge in [0.25, 0.3) is 0 Å². The van der Waals surface area contributed by atoms with E-state index in [1.54, 1.807) is 6.92 Å². The molecule has 84 valence electrons. The van der Waals surface area contributed by atoms with E-state index in [9.17, 15) is 17.6 Å². The summed E-state index contributed by atoms with van der Waals surface area (Å²) in [5, 5.41) is 0. The minimum Gasteiger partial charge on any atom is -0.330 e. The first-order valence-corrected chi connectivity index (χ1v) is 4.39. The molecule has 0 aliphatic rings. The van der Waals surface area contributed by atoms with Gasteiger partial charge >= 0.3 is 6.18 Å². The first-order chi connectivity index (χ1) is 6.86. The molecule has 5 heteroatoms. The van der Waals surface area contributed by atoms with Gasteiger partial charge in [-0.15, -0.1) is 0 Å². The molecule has 0 saturated carbocycles. The number of benzene rings is 1. The highest BCUT2D eigenvalue weighted by Crippen LogP contribution is 2.35. The summed E-state index contributed by atoms with van der Waals surface area (Å²) < 4.78 is 50.6. The second-order valence-corrected chi connectivity index (χ2v) is 3.35. The second kappa shape index (κ2) is 4.18. The first kappa shape index (κ1) is 12.0. The van der Waals surface area contributed by atoms with Crippen LogP contribution >= 0.6 is 0 Å². The van der Waals surface area contributed by atoms with Crippen LogP contribution in [0.1, 0.15) is 17.0 Å². The van der Waals surface area contributed by atoms with Gasteiger partial charge in [-0.1, -0.05) is 17.7 Å². The van der Waals surface area contributed by atoms with E-state index in [0.717, 1.165) is 6.07 Å². The highest BCUT2D eigenvalue weighted by molar-refractivity contribution is 5.28. The van der Waals surface area contributed by atoms with Crippen LogP contribution < -0.4 is 5.73 Å². The number of halogens is 4. The molecule has 0 amide bonds. The molecule has 1 unspecified atom stereocenters. The SMILES string of the molecule is Cc1ccc(F)c(C(CN)C(F)(F)F)c1. The molecule has 0 bridgehead atoms. The normalized spacial score (nSPS) is 14.0. The highest BCUT2D eigenvalue weighted by atomic mass is 19.4. The molecule has 0 heterocycles. The zero-order chi connectivity index (χ0) is 11.6. The standard InChI is InChI=1S/C10H11F4N/c1-6-2-3-9(11)7(4-6)8(5-15)10(12,13)14/h2-4,8H,5,15H2,1H3. The third-order valence-corrected chi connectivity index (χ3v) is 2.16. The number of hydrogen-bond acceptors (Lipinski definition) is 1. The second-order valence-electron chi connectivity index (χ2n) is 3.35. The molecule has 0 fully saturated rings. The number of hydrogen-bond donors (Lipinski definition) is 1. The molecular formula is C10H11F4N. The number of aryl methyl sites for hydroxylation is 1. The lowest BCUT2D eigenvalue weighted by atomic mass is 9.96. The molecule has 0 aliphatic carbocycles. The molecule has 1 aromatic rings. The maximum Gasteiger partial charge on any atom is 0.397 e. The maximum absolute atomic E-state index is 13.2. The van der Waals surface area contributed by atoms with E-state index in [1.807, 2.05) is 0 Å². The van der Waals surface area contributed by atoms with Crippen LogP contribution in [0.15, 0.2) is 18.2 Å². The molecule has 0 aromatic heterocycles. The van der Waals surface area contributed by atoms with Crippen molar-refractivity contribution in [1.29, 1.82) is 0 Å². The van der Waals surface area contributed by atoms with Crippen LogP contribution in [0.3, 0.4) is 0 Å². The zero-order valence-corrected chi connectivity index (χ0v) is 8.11. The molecule has 0 aliphatic heterocycles. The lowest BCUT2D eigenvalue weighted by Crippen LogP contribution is -2.28. The van der Waals surface area contributed by atoms with E-state index in [2.05, 4.69) is 0 Å². The molecular weight excluding hydrogens is 210 g/mol. The van der Waals surface area contributed by atoms with Gasteiger partial charge in [0.1, 0.15) is 5.82 Å². The fourth-order valence-corrected chi connectivity index (χ4v) is 1.37. The summed E-state index contributed by atoms with van der Waals surface area (Å²) in [6, 6.07) is 3.63. The summed E-state index contributed by atoms with van der Waals surface area (Å²) >= 11 is 0. The molecule has 0 saturated heterocycles. The van der Waals surface area contributed by atoms with Crippen LogP contribution in [0.4, 0.5) is 17.6 Å². The number of alkyl halides is 3. The van der Waals surface area contributed by atoms with E-state index < -0.39 is 24.5 Å². The molecule has 1 aromatic carbocycles. The third-order valence-electron chi connectivity index (χ3n) is 2.16. The lowest BCUT2D eigenvalue weighted by Gasteiger charge is -2.19. The van der Waals surface area contributed by atoms with Crippen molar-refractivity contribution in [3.05, 3.63) is 35.1 Å². The van der Waals surface area contributed by atoms with Crippen molar-refractivity contribution in [3.8, 4) is 0 Å². The first-order valence-electron chi connectivity index (χ1n) is 4.39. The van der Waals surface area contributed by atoms with Gasteiger partial charge in [0, 0.05) is 12.1 Å². The van der Waals surface area contributed by atoms with E-state index in [4.69, 9.17) is 5.73 Å². The van der Waals surface area contributed by atoms with E-state index >= 15 is 0 Å². The molecule has 1 rings (SSSR count). The van der Waals surface area contributed by atoms with Gasteiger partial charge in [-0.25, -0.2) is 4.39 Å². The van der Waals surface area contributed by atoms with Gasteiger partial charge in [-0.3, -0.25) is 0 Å². The summed E-state index contributed by atoms with van der Waals surface area (Å²) in [7, 11) is 0. The molecule has 15 heavy (non-hydrogen) atoms. The minimum atomic E-state index is -4.51. The Morgan fingerprint density at radius 1 is 1.33 bits per heavy atom. The molecule has 1 atom stereocenters. The van der Waals surface area contributed by atoms with Crippen LogP contribution in [-0.2, 0) is 0 Å². The van der Waals surface area contributed by atoms with Gasteiger partial charge in [0.2, 0.25) is 0 Å². The zero-order valence-electron chi connectivity index (χ0n) is 8.11. The smallest absolute Gasteiger partial charge is 0.330 e. The topological polar surface area (TPSA) is 26.0 Å². The lowest BCUT2D eigenvalue weighted by molar-refractivity contribution is -0.148. The summed E-state index contributed by atoms with van der Waals surface area (Å²) in [5.74, 6) is -2.80. The van der Waals surface area contributed by atoms with Crippen molar-refractivity contribution in [1.82, 2.24) is 0 Å². The predicted octanol–water partition coefficient (Wildman–Crippen LogP) is 2.74. The van der Waals surface area contributed by atoms with Gasteiger partial charge in [0.15, 0.2) is 0 Å². The largest absolute Gasteiger partial charge is 0.397 e. The fourth-order valence-electron chi connectivity index (χ4n) is 1.37. The average Bonchev–Trinajstić information content (AvgIpc) is 2.10. The monoisotopic (exact) mass is 221 g/mol. The molecule has 2 N–H and O–H groups in total. The highest BCUT2D eigenvalue weighted by Gasteiger charge is 2.41.